The molecule has 3 nitrogen and oxygen atoms in total. The van der Waals surface area contributed by atoms with Crippen LogP contribution in [0.2, 0.25) is 0 Å². The zero-order valence-corrected chi connectivity index (χ0v) is 33.9. The Hall–Kier alpha value is -7.79. The molecule has 0 radical (unpaired) electrons. The normalized spacial score (nSPS) is 11.3. The first-order chi connectivity index (χ1) is 30.2. The Kier molecular flexibility index (Phi) is 9.38. The molecule has 0 saturated carbocycles. The van der Waals surface area contributed by atoms with E-state index in [1.54, 1.807) is 0 Å². The van der Waals surface area contributed by atoms with Crippen molar-refractivity contribution in [2.75, 3.05) is 0 Å². The molecular weight excluding hydrogens is 759 g/mol. The SMILES string of the molecule is c1ccc(-c2cc(-c3ccc(-c4ccc(-c5nc(-c6ccccc6)nc(-c6ccccc6)n5)cc4)cc3)c(-c3ccccc3)c(-c3ccc4sc5ccccc5c4c3)c2)cc1. The lowest BCUT2D eigenvalue weighted by Crippen LogP contribution is -2.00. The van der Waals surface area contributed by atoms with E-state index in [-0.39, 0.29) is 0 Å². The van der Waals surface area contributed by atoms with Crippen LogP contribution in [-0.4, -0.2) is 15.0 Å². The van der Waals surface area contributed by atoms with Crippen LogP contribution < -0.4 is 0 Å². The average molecular weight is 796 g/mol. The maximum atomic E-state index is 4.94. The van der Waals surface area contributed by atoms with Gasteiger partial charge in [0.05, 0.1) is 0 Å². The summed E-state index contributed by atoms with van der Waals surface area (Å²) in [6.45, 7) is 0. The van der Waals surface area contributed by atoms with Gasteiger partial charge in [-0.3, -0.25) is 0 Å². The number of hydrogen-bond acceptors (Lipinski definition) is 4. The standard InChI is InChI=1S/C57H37N3S/c1-5-15-38(16-6-1)47-36-49(54(42-17-7-2-8-18-42)50(37-47)46-33-34-53-51(35-46)48-23-13-14-24-52(48)61-53)41-29-25-39(26-30-41)40-27-31-45(32-28-40)57-59-55(43-19-9-3-10-20-43)58-56(60-57)44-21-11-4-12-22-44/h1-37H. The van der Waals surface area contributed by atoms with Crippen LogP contribution in [0.4, 0.5) is 0 Å². The van der Waals surface area contributed by atoms with Gasteiger partial charge in [0, 0.05) is 36.9 Å². The number of benzene rings is 9. The zero-order valence-electron chi connectivity index (χ0n) is 33.1. The second-order valence-corrected chi connectivity index (χ2v) is 16.3. The Balaban J connectivity index is 1.00. The van der Waals surface area contributed by atoms with E-state index in [9.17, 15) is 0 Å². The van der Waals surface area contributed by atoms with E-state index in [0.717, 1.165) is 33.4 Å². The highest BCUT2D eigenvalue weighted by molar-refractivity contribution is 7.25. The smallest absolute Gasteiger partial charge is 0.164 e. The minimum absolute atomic E-state index is 0.642. The molecule has 61 heavy (non-hydrogen) atoms. The lowest BCUT2D eigenvalue weighted by Gasteiger charge is -2.19. The molecular formula is C57H37N3S. The van der Waals surface area contributed by atoms with Gasteiger partial charge in [0.2, 0.25) is 0 Å². The van der Waals surface area contributed by atoms with E-state index in [4.69, 9.17) is 15.0 Å². The summed E-state index contributed by atoms with van der Waals surface area (Å²) in [5.41, 5.74) is 14.6. The van der Waals surface area contributed by atoms with E-state index >= 15 is 0 Å². The zero-order chi connectivity index (χ0) is 40.5. The van der Waals surface area contributed by atoms with Crippen molar-refractivity contribution in [1.82, 2.24) is 15.0 Å². The first-order valence-corrected chi connectivity index (χ1v) is 21.3. The van der Waals surface area contributed by atoms with Gasteiger partial charge in [-0.25, -0.2) is 15.0 Å². The summed E-state index contributed by atoms with van der Waals surface area (Å²) >= 11 is 1.86. The Morgan fingerprint density at radius 1 is 0.246 bits per heavy atom. The summed E-state index contributed by atoms with van der Waals surface area (Å²) < 4.78 is 2.61. The monoisotopic (exact) mass is 795 g/mol. The second-order valence-electron chi connectivity index (χ2n) is 15.2. The molecule has 0 aliphatic carbocycles. The van der Waals surface area contributed by atoms with Crippen molar-refractivity contribution >= 4 is 31.5 Å². The summed E-state index contributed by atoms with van der Waals surface area (Å²) in [4.78, 5) is 14.8. The highest BCUT2D eigenvalue weighted by atomic mass is 32.1. The fourth-order valence-electron chi connectivity index (χ4n) is 8.30. The van der Waals surface area contributed by atoms with Gasteiger partial charge < -0.3 is 0 Å². The number of nitrogens with zero attached hydrogens (tertiary/aromatic N) is 3. The van der Waals surface area contributed by atoms with Gasteiger partial charge in [-0.1, -0.05) is 194 Å². The average Bonchev–Trinajstić information content (AvgIpc) is 3.73. The minimum Gasteiger partial charge on any atom is -0.208 e. The van der Waals surface area contributed by atoms with Gasteiger partial charge in [0.1, 0.15) is 0 Å². The molecule has 0 fully saturated rings. The molecule has 11 aromatic rings. The molecule has 4 heteroatoms. The van der Waals surface area contributed by atoms with Crippen molar-refractivity contribution in [2.24, 2.45) is 0 Å². The van der Waals surface area contributed by atoms with Gasteiger partial charge >= 0.3 is 0 Å². The molecule has 0 saturated heterocycles. The number of hydrogen-bond donors (Lipinski definition) is 0. The van der Waals surface area contributed by atoms with Crippen LogP contribution in [0.25, 0.3) is 110 Å². The van der Waals surface area contributed by atoms with Crippen molar-refractivity contribution < 1.29 is 0 Å². The first-order valence-electron chi connectivity index (χ1n) is 20.5. The Bertz CT molecular complexity index is 3250. The van der Waals surface area contributed by atoms with Crippen molar-refractivity contribution in [2.45, 2.75) is 0 Å². The summed E-state index contributed by atoms with van der Waals surface area (Å²) in [6, 6.07) is 79.8. The number of rotatable bonds is 8. The molecule has 286 valence electrons. The molecule has 0 aliphatic rings. The van der Waals surface area contributed by atoms with Crippen molar-refractivity contribution in [3.8, 4) is 89.8 Å². The quantitative estimate of drug-likeness (QED) is 0.154. The molecule has 0 amide bonds. The third-order valence-corrected chi connectivity index (χ3v) is 12.5. The maximum Gasteiger partial charge on any atom is 0.164 e. The van der Waals surface area contributed by atoms with Crippen molar-refractivity contribution in [1.29, 1.82) is 0 Å². The fourth-order valence-corrected chi connectivity index (χ4v) is 9.38. The van der Waals surface area contributed by atoms with E-state index in [1.165, 1.54) is 59.1 Å². The van der Waals surface area contributed by atoms with Crippen LogP contribution >= 0.6 is 11.3 Å². The molecule has 2 aromatic heterocycles. The van der Waals surface area contributed by atoms with Crippen LogP contribution in [0, 0.1) is 0 Å². The molecule has 0 aliphatic heterocycles. The number of aromatic nitrogens is 3. The summed E-state index contributed by atoms with van der Waals surface area (Å²) in [5, 5.41) is 2.60. The van der Waals surface area contributed by atoms with Gasteiger partial charge in [0.15, 0.2) is 17.5 Å². The molecule has 0 spiro atoms. The molecule has 0 atom stereocenters. The molecule has 11 rings (SSSR count). The predicted octanol–water partition coefficient (Wildman–Crippen LogP) is 15.6. The van der Waals surface area contributed by atoms with Crippen LogP contribution in [0.1, 0.15) is 0 Å². The summed E-state index contributed by atoms with van der Waals surface area (Å²) in [6.07, 6.45) is 0. The van der Waals surface area contributed by atoms with E-state index in [2.05, 4.69) is 164 Å². The molecule has 0 unspecified atom stereocenters. The second kappa shape index (κ2) is 15.8. The lowest BCUT2D eigenvalue weighted by atomic mass is 9.84. The Labute approximate surface area is 359 Å². The topological polar surface area (TPSA) is 38.7 Å². The number of fused-ring (bicyclic) bond motifs is 3. The Morgan fingerprint density at radius 2 is 0.623 bits per heavy atom. The Morgan fingerprint density at radius 3 is 1.18 bits per heavy atom. The van der Waals surface area contributed by atoms with Gasteiger partial charge in [-0.15, -0.1) is 11.3 Å². The van der Waals surface area contributed by atoms with Crippen LogP contribution in [-0.2, 0) is 0 Å². The van der Waals surface area contributed by atoms with Crippen LogP contribution in [0.15, 0.2) is 224 Å². The molecule has 0 bridgehead atoms. The predicted molar refractivity (Wildman–Crippen MR) is 256 cm³/mol. The highest BCUT2D eigenvalue weighted by Crippen LogP contribution is 2.45. The van der Waals surface area contributed by atoms with Crippen molar-refractivity contribution in [3.63, 3.8) is 0 Å². The third-order valence-electron chi connectivity index (χ3n) is 11.4. The van der Waals surface area contributed by atoms with Gasteiger partial charge in [0.25, 0.3) is 0 Å². The van der Waals surface area contributed by atoms with Gasteiger partial charge in [-0.05, 0) is 86.0 Å². The molecule has 0 N–H and O–H groups in total. The summed E-state index contributed by atoms with van der Waals surface area (Å²) in [5.74, 6) is 1.95. The maximum absolute atomic E-state index is 4.94. The van der Waals surface area contributed by atoms with Crippen molar-refractivity contribution in [3.05, 3.63) is 224 Å². The van der Waals surface area contributed by atoms with Crippen LogP contribution in [0.3, 0.4) is 0 Å². The fraction of sp³-hybridized carbons (Fsp3) is 0. The molecule has 2 heterocycles. The summed E-state index contributed by atoms with van der Waals surface area (Å²) in [7, 11) is 0. The third kappa shape index (κ3) is 7.09. The minimum atomic E-state index is 0.642. The van der Waals surface area contributed by atoms with Crippen LogP contribution in [0.5, 0.6) is 0 Å². The van der Waals surface area contributed by atoms with E-state index < -0.39 is 0 Å². The highest BCUT2D eigenvalue weighted by Gasteiger charge is 2.19. The van der Waals surface area contributed by atoms with E-state index in [1.807, 2.05) is 72.0 Å². The van der Waals surface area contributed by atoms with E-state index in [0.29, 0.717) is 17.5 Å². The lowest BCUT2D eigenvalue weighted by molar-refractivity contribution is 1.07. The number of thiophene rings is 1. The largest absolute Gasteiger partial charge is 0.208 e. The molecule has 9 aromatic carbocycles. The van der Waals surface area contributed by atoms with Gasteiger partial charge in [-0.2, -0.15) is 0 Å². The first kappa shape index (κ1) is 36.3.